The first-order valence-electron chi connectivity index (χ1n) is 6.18. The van der Waals surface area contributed by atoms with Crippen molar-refractivity contribution in [1.82, 2.24) is 4.90 Å². The van der Waals surface area contributed by atoms with Crippen LogP contribution in [0.2, 0.25) is 5.02 Å². The van der Waals surface area contributed by atoms with Crippen LogP contribution in [-0.2, 0) is 0 Å². The average molecular weight is 284 g/mol. The lowest BCUT2D eigenvalue weighted by Crippen LogP contribution is -2.51. The van der Waals surface area contributed by atoms with E-state index < -0.39 is 0 Å². The highest BCUT2D eigenvalue weighted by Gasteiger charge is 2.31. The fourth-order valence-electron chi connectivity index (χ4n) is 2.27. The standard InChI is InChI=1S/C13H14ClNO4/c14-10-3-9(4-11-12(10)19-2-1-18-11)13(17)15-5-8(6-15)7-16/h3-4,8,16H,1-2,5-7H2. The Hall–Kier alpha value is -1.46. The van der Waals surface area contributed by atoms with Gasteiger partial charge in [0.2, 0.25) is 0 Å². The third-order valence-corrected chi connectivity index (χ3v) is 3.63. The van der Waals surface area contributed by atoms with Crippen molar-refractivity contribution in [3.8, 4) is 11.5 Å². The van der Waals surface area contributed by atoms with E-state index in [1.807, 2.05) is 0 Å². The molecule has 5 nitrogen and oxygen atoms in total. The Morgan fingerprint density at radius 2 is 2.11 bits per heavy atom. The minimum absolute atomic E-state index is 0.0939. The van der Waals surface area contributed by atoms with Gasteiger partial charge in [0.25, 0.3) is 5.91 Å². The van der Waals surface area contributed by atoms with Crippen molar-refractivity contribution < 1.29 is 19.4 Å². The minimum atomic E-state index is -0.0939. The van der Waals surface area contributed by atoms with Crippen LogP contribution in [0.15, 0.2) is 12.1 Å². The lowest BCUT2D eigenvalue weighted by atomic mass is 10.00. The third kappa shape index (κ3) is 2.24. The molecule has 0 aromatic heterocycles. The summed E-state index contributed by atoms with van der Waals surface area (Å²) in [5.74, 6) is 1.11. The Kier molecular flexibility index (Phi) is 3.24. The molecule has 1 amide bonds. The van der Waals surface area contributed by atoms with E-state index in [4.69, 9.17) is 26.2 Å². The molecule has 1 N–H and O–H groups in total. The topological polar surface area (TPSA) is 59.0 Å². The summed E-state index contributed by atoms with van der Waals surface area (Å²) in [5, 5.41) is 9.35. The first-order valence-corrected chi connectivity index (χ1v) is 6.56. The molecule has 1 aromatic rings. The maximum absolute atomic E-state index is 12.2. The highest BCUT2D eigenvalue weighted by molar-refractivity contribution is 6.32. The fourth-order valence-corrected chi connectivity index (χ4v) is 2.53. The number of carbonyl (C=O) groups is 1. The van der Waals surface area contributed by atoms with Crippen LogP contribution in [0.4, 0.5) is 0 Å². The molecule has 102 valence electrons. The van der Waals surface area contributed by atoms with Gasteiger partial charge in [-0.25, -0.2) is 0 Å². The van der Waals surface area contributed by atoms with Gasteiger partial charge in [0.1, 0.15) is 13.2 Å². The molecule has 0 aliphatic carbocycles. The van der Waals surface area contributed by atoms with Gasteiger partial charge in [0.15, 0.2) is 11.5 Å². The van der Waals surface area contributed by atoms with Crippen molar-refractivity contribution in [3.63, 3.8) is 0 Å². The number of benzene rings is 1. The molecule has 0 spiro atoms. The van der Waals surface area contributed by atoms with E-state index in [0.29, 0.717) is 48.4 Å². The summed E-state index contributed by atoms with van der Waals surface area (Å²) in [4.78, 5) is 13.9. The summed E-state index contributed by atoms with van der Waals surface area (Å²) in [7, 11) is 0. The average Bonchev–Trinajstić information content (AvgIpc) is 2.37. The van der Waals surface area contributed by atoms with E-state index in [0.717, 1.165) is 0 Å². The summed E-state index contributed by atoms with van der Waals surface area (Å²) >= 11 is 6.10. The fraction of sp³-hybridized carbons (Fsp3) is 0.462. The number of halogens is 1. The molecule has 2 aliphatic rings. The van der Waals surface area contributed by atoms with Crippen molar-refractivity contribution in [2.45, 2.75) is 0 Å². The van der Waals surface area contributed by atoms with E-state index in [1.165, 1.54) is 0 Å². The quantitative estimate of drug-likeness (QED) is 0.885. The van der Waals surface area contributed by atoms with Crippen molar-refractivity contribution in [3.05, 3.63) is 22.7 Å². The highest BCUT2D eigenvalue weighted by atomic mass is 35.5. The number of hydrogen-bond donors (Lipinski definition) is 1. The van der Waals surface area contributed by atoms with E-state index in [2.05, 4.69) is 0 Å². The minimum Gasteiger partial charge on any atom is -0.486 e. The number of likely N-dealkylation sites (tertiary alicyclic amines) is 1. The number of fused-ring (bicyclic) bond motifs is 1. The molecule has 1 fully saturated rings. The number of hydrogen-bond acceptors (Lipinski definition) is 4. The lowest BCUT2D eigenvalue weighted by molar-refractivity contribution is 0.0361. The first kappa shape index (κ1) is 12.6. The number of aliphatic hydroxyl groups is 1. The molecule has 0 unspecified atom stereocenters. The normalized spacial score (nSPS) is 18.1. The SMILES string of the molecule is O=C(c1cc(Cl)c2c(c1)OCCO2)N1CC(CO)C1. The van der Waals surface area contributed by atoms with Gasteiger partial charge in [-0.3, -0.25) is 4.79 Å². The zero-order valence-electron chi connectivity index (χ0n) is 10.3. The second-order valence-corrected chi connectivity index (χ2v) is 5.15. The highest BCUT2D eigenvalue weighted by Crippen LogP contribution is 2.38. The molecular formula is C13H14ClNO4. The summed E-state index contributed by atoms with van der Waals surface area (Å²) < 4.78 is 10.9. The molecule has 0 bridgehead atoms. The van der Waals surface area contributed by atoms with Crippen LogP contribution in [0.5, 0.6) is 11.5 Å². The van der Waals surface area contributed by atoms with Crippen molar-refractivity contribution in [1.29, 1.82) is 0 Å². The Morgan fingerprint density at radius 3 is 2.84 bits per heavy atom. The number of amides is 1. The summed E-state index contributed by atoms with van der Waals surface area (Å²) in [6, 6.07) is 3.26. The molecule has 0 saturated carbocycles. The molecule has 19 heavy (non-hydrogen) atoms. The molecule has 2 aliphatic heterocycles. The Balaban J connectivity index is 1.81. The van der Waals surface area contributed by atoms with Crippen LogP contribution < -0.4 is 9.47 Å². The predicted octanol–water partition coefficient (Wildman–Crippen LogP) is 1.18. The van der Waals surface area contributed by atoms with Crippen LogP contribution in [0, 0.1) is 5.92 Å². The molecular weight excluding hydrogens is 270 g/mol. The smallest absolute Gasteiger partial charge is 0.254 e. The number of rotatable bonds is 2. The summed E-state index contributed by atoms with van der Waals surface area (Å²) in [5.41, 5.74) is 0.491. The van der Waals surface area contributed by atoms with Crippen LogP contribution in [-0.4, -0.2) is 48.8 Å². The largest absolute Gasteiger partial charge is 0.486 e. The van der Waals surface area contributed by atoms with Gasteiger partial charge in [-0.15, -0.1) is 0 Å². The van der Waals surface area contributed by atoms with Gasteiger partial charge in [0.05, 0.1) is 5.02 Å². The van der Waals surface area contributed by atoms with Gasteiger partial charge in [-0.1, -0.05) is 11.6 Å². The van der Waals surface area contributed by atoms with E-state index >= 15 is 0 Å². The van der Waals surface area contributed by atoms with Crippen LogP contribution in [0.1, 0.15) is 10.4 Å². The zero-order chi connectivity index (χ0) is 13.4. The lowest BCUT2D eigenvalue weighted by Gasteiger charge is -2.38. The van der Waals surface area contributed by atoms with Gasteiger partial charge in [-0.05, 0) is 12.1 Å². The summed E-state index contributed by atoms with van der Waals surface area (Å²) in [6.45, 7) is 2.20. The number of ether oxygens (including phenoxy) is 2. The first-order chi connectivity index (χ1) is 9.19. The Labute approximate surface area is 115 Å². The second-order valence-electron chi connectivity index (χ2n) is 4.74. The van der Waals surface area contributed by atoms with E-state index in [-0.39, 0.29) is 18.4 Å². The third-order valence-electron chi connectivity index (χ3n) is 3.35. The van der Waals surface area contributed by atoms with Crippen LogP contribution >= 0.6 is 11.6 Å². The molecule has 1 saturated heterocycles. The van der Waals surface area contributed by atoms with Gasteiger partial charge >= 0.3 is 0 Å². The Bertz CT molecular complexity index is 514. The maximum Gasteiger partial charge on any atom is 0.254 e. The molecule has 1 aromatic carbocycles. The van der Waals surface area contributed by atoms with Crippen molar-refractivity contribution >= 4 is 17.5 Å². The number of carbonyl (C=O) groups excluding carboxylic acids is 1. The monoisotopic (exact) mass is 283 g/mol. The van der Waals surface area contributed by atoms with Gasteiger partial charge < -0.3 is 19.5 Å². The van der Waals surface area contributed by atoms with Gasteiger partial charge in [-0.2, -0.15) is 0 Å². The van der Waals surface area contributed by atoms with Crippen molar-refractivity contribution in [2.24, 2.45) is 5.92 Å². The van der Waals surface area contributed by atoms with Crippen LogP contribution in [0.3, 0.4) is 0 Å². The zero-order valence-corrected chi connectivity index (χ0v) is 11.0. The molecule has 2 heterocycles. The molecule has 0 radical (unpaired) electrons. The molecule has 6 heteroatoms. The van der Waals surface area contributed by atoms with Crippen molar-refractivity contribution in [2.75, 3.05) is 32.9 Å². The van der Waals surface area contributed by atoms with E-state index in [9.17, 15) is 4.79 Å². The Morgan fingerprint density at radius 1 is 1.37 bits per heavy atom. The second kappa shape index (κ2) is 4.90. The number of aliphatic hydroxyl groups excluding tert-OH is 1. The van der Waals surface area contributed by atoms with Crippen LogP contribution in [0.25, 0.3) is 0 Å². The predicted molar refractivity (Wildman–Crippen MR) is 68.9 cm³/mol. The molecule has 3 rings (SSSR count). The van der Waals surface area contributed by atoms with E-state index in [1.54, 1.807) is 17.0 Å². The van der Waals surface area contributed by atoms with Gasteiger partial charge in [0, 0.05) is 31.2 Å². The number of nitrogens with zero attached hydrogens (tertiary/aromatic N) is 1. The summed E-state index contributed by atoms with van der Waals surface area (Å²) in [6.07, 6.45) is 0. The maximum atomic E-state index is 12.2. The molecule has 0 atom stereocenters.